The Balaban J connectivity index is 1.56. The third kappa shape index (κ3) is 4.94. The zero-order valence-corrected chi connectivity index (χ0v) is 17.4. The molecule has 0 aliphatic carbocycles. The summed E-state index contributed by atoms with van der Waals surface area (Å²) in [5, 5.41) is 4.11. The molecular weight excluding hydrogens is 423 g/mol. The van der Waals surface area contributed by atoms with Crippen LogP contribution >= 0.6 is 34.8 Å². The third-order valence-corrected chi connectivity index (χ3v) is 5.44. The fourth-order valence-corrected chi connectivity index (χ4v) is 3.59. The van der Waals surface area contributed by atoms with Crippen molar-refractivity contribution in [2.24, 2.45) is 0 Å². The van der Waals surface area contributed by atoms with Gasteiger partial charge < -0.3 is 10.2 Å². The maximum absolute atomic E-state index is 12.7. The molecule has 1 saturated heterocycles. The van der Waals surface area contributed by atoms with Crippen LogP contribution in [-0.4, -0.2) is 58.8 Å². The maximum atomic E-state index is 12.7. The Hall–Kier alpha value is -1.86. The van der Waals surface area contributed by atoms with Crippen LogP contribution in [0.1, 0.15) is 17.3 Å². The molecule has 0 saturated carbocycles. The summed E-state index contributed by atoms with van der Waals surface area (Å²) < 4.78 is 0. The molecule has 1 fully saturated rings. The molecule has 2 aromatic rings. The van der Waals surface area contributed by atoms with Gasteiger partial charge in [-0.1, -0.05) is 34.8 Å². The Morgan fingerprint density at radius 2 is 1.71 bits per heavy atom. The first kappa shape index (κ1) is 20.9. The number of rotatable bonds is 4. The van der Waals surface area contributed by atoms with E-state index in [4.69, 9.17) is 34.8 Å². The minimum Gasteiger partial charge on any atom is -0.336 e. The number of benzene rings is 1. The fraction of sp³-hybridized carbons (Fsp3) is 0.316. The summed E-state index contributed by atoms with van der Waals surface area (Å²) >= 11 is 17.8. The summed E-state index contributed by atoms with van der Waals surface area (Å²) in [7, 11) is 0. The lowest BCUT2D eigenvalue weighted by Crippen LogP contribution is -2.54. The fourth-order valence-electron chi connectivity index (χ4n) is 2.99. The van der Waals surface area contributed by atoms with E-state index >= 15 is 0 Å². The number of carbonyl (C=O) groups is 2. The number of hydrogen-bond donors (Lipinski definition) is 1. The minimum atomic E-state index is -0.353. The van der Waals surface area contributed by atoms with E-state index in [1.807, 2.05) is 11.8 Å². The smallest absolute Gasteiger partial charge is 0.255 e. The number of halogens is 3. The van der Waals surface area contributed by atoms with E-state index in [-0.39, 0.29) is 17.9 Å². The lowest BCUT2D eigenvalue weighted by molar-refractivity contribution is -0.121. The topological polar surface area (TPSA) is 65.5 Å². The number of hydrogen-bond acceptors (Lipinski definition) is 4. The summed E-state index contributed by atoms with van der Waals surface area (Å²) in [6.45, 7) is 4.02. The number of nitrogens with one attached hydrogen (secondary N) is 1. The Morgan fingerprint density at radius 3 is 2.32 bits per heavy atom. The number of amides is 2. The van der Waals surface area contributed by atoms with Crippen LogP contribution < -0.4 is 5.32 Å². The first-order valence-electron chi connectivity index (χ1n) is 8.76. The van der Waals surface area contributed by atoms with Crippen molar-refractivity contribution in [2.75, 3.05) is 31.5 Å². The van der Waals surface area contributed by atoms with E-state index in [9.17, 15) is 9.59 Å². The highest BCUT2D eigenvalue weighted by molar-refractivity contribution is 6.36. The number of anilines is 1. The lowest BCUT2D eigenvalue weighted by Gasteiger charge is -2.37. The van der Waals surface area contributed by atoms with Crippen molar-refractivity contribution in [2.45, 2.75) is 13.0 Å². The van der Waals surface area contributed by atoms with E-state index in [1.165, 1.54) is 6.20 Å². The predicted molar refractivity (Wildman–Crippen MR) is 111 cm³/mol. The molecule has 28 heavy (non-hydrogen) atoms. The van der Waals surface area contributed by atoms with Crippen molar-refractivity contribution in [3.8, 4) is 0 Å². The normalized spacial score (nSPS) is 15.9. The van der Waals surface area contributed by atoms with Crippen molar-refractivity contribution in [1.82, 2.24) is 14.8 Å². The van der Waals surface area contributed by atoms with Gasteiger partial charge in [0.2, 0.25) is 5.91 Å². The number of carbonyl (C=O) groups excluding carboxylic acids is 2. The van der Waals surface area contributed by atoms with Crippen LogP contribution in [0, 0.1) is 0 Å². The van der Waals surface area contributed by atoms with Gasteiger partial charge in [0.25, 0.3) is 5.91 Å². The quantitative estimate of drug-likeness (QED) is 0.783. The van der Waals surface area contributed by atoms with Crippen LogP contribution in [-0.2, 0) is 4.79 Å². The van der Waals surface area contributed by atoms with E-state index < -0.39 is 0 Å². The second-order valence-corrected chi connectivity index (χ2v) is 7.76. The number of aromatic nitrogens is 1. The van der Waals surface area contributed by atoms with Crippen molar-refractivity contribution < 1.29 is 9.59 Å². The first-order valence-corrected chi connectivity index (χ1v) is 9.89. The predicted octanol–water partition coefficient (Wildman–Crippen LogP) is 3.83. The molecule has 1 aliphatic rings. The zero-order chi connectivity index (χ0) is 20.3. The van der Waals surface area contributed by atoms with Gasteiger partial charge in [0.15, 0.2) is 0 Å². The SMILES string of the molecule is CC(C(=O)Nc1ccc(Cl)cn1)N1CCN(C(=O)c2ccc(Cl)cc2Cl)CC1. The van der Waals surface area contributed by atoms with Gasteiger partial charge in [-0.2, -0.15) is 0 Å². The van der Waals surface area contributed by atoms with Crippen molar-refractivity contribution in [3.63, 3.8) is 0 Å². The van der Waals surface area contributed by atoms with Gasteiger partial charge in [-0.25, -0.2) is 4.98 Å². The minimum absolute atomic E-state index is 0.135. The molecule has 2 heterocycles. The lowest BCUT2D eigenvalue weighted by atomic mass is 10.1. The van der Waals surface area contributed by atoms with Crippen molar-refractivity contribution in [1.29, 1.82) is 0 Å². The van der Waals surface area contributed by atoms with Crippen LogP contribution in [0.15, 0.2) is 36.5 Å². The van der Waals surface area contributed by atoms with Gasteiger partial charge in [0.05, 0.1) is 21.7 Å². The number of nitrogens with zero attached hydrogens (tertiary/aromatic N) is 3. The second-order valence-electron chi connectivity index (χ2n) is 6.48. The molecule has 0 bridgehead atoms. The van der Waals surface area contributed by atoms with Crippen LogP contribution in [0.5, 0.6) is 0 Å². The van der Waals surface area contributed by atoms with Gasteiger partial charge in [0, 0.05) is 37.4 Å². The molecule has 1 unspecified atom stereocenters. The average Bonchev–Trinajstić information content (AvgIpc) is 2.69. The van der Waals surface area contributed by atoms with Gasteiger partial charge in [-0.15, -0.1) is 0 Å². The van der Waals surface area contributed by atoms with Crippen molar-refractivity contribution in [3.05, 3.63) is 57.2 Å². The van der Waals surface area contributed by atoms with Crippen molar-refractivity contribution >= 4 is 52.4 Å². The highest BCUT2D eigenvalue weighted by atomic mass is 35.5. The summed E-state index contributed by atoms with van der Waals surface area (Å²) in [6.07, 6.45) is 1.48. The van der Waals surface area contributed by atoms with Crippen LogP contribution in [0.25, 0.3) is 0 Å². The highest BCUT2D eigenvalue weighted by Crippen LogP contribution is 2.23. The Morgan fingerprint density at radius 1 is 1.04 bits per heavy atom. The molecule has 2 amide bonds. The Bertz CT molecular complexity index is 868. The van der Waals surface area contributed by atoms with Crippen LogP contribution in [0.2, 0.25) is 15.1 Å². The molecule has 1 aromatic carbocycles. The average molecular weight is 442 g/mol. The van der Waals surface area contributed by atoms with Gasteiger partial charge in [0.1, 0.15) is 5.82 Å². The molecule has 1 aliphatic heterocycles. The summed E-state index contributed by atoms with van der Waals surface area (Å²) in [6, 6.07) is 7.81. The molecule has 6 nitrogen and oxygen atoms in total. The second kappa shape index (κ2) is 9.09. The molecule has 3 rings (SSSR count). The maximum Gasteiger partial charge on any atom is 0.255 e. The number of pyridine rings is 1. The molecular formula is C19H19Cl3N4O2. The summed E-state index contributed by atoms with van der Waals surface area (Å²) in [5.41, 5.74) is 0.430. The Kier molecular flexibility index (Phi) is 6.78. The molecule has 9 heteroatoms. The molecule has 1 aromatic heterocycles. The van der Waals surface area contributed by atoms with Gasteiger partial charge in [-0.05, 0) is 37.3 Å². The molecule has 1 atom stereocenters. The van der Waals surface area contributed by atoms with E-state index in [0.29, 0.717) is 52.6 Å². The van der Waals surface area contributed by atoms with Crippen LogP contribution in [0.3, 0.4) is 0 Å². The monoisotopic (exact) mass is 440 g/mol. The van der Waals surface area contributed by atoms with Gasteiger partial charge in [-0.3, -0.25) is 14.5 Å². The Labute approximate surface area is 178 Å². The molecule has 1 N–H and O–H groups in total. The molecule has 0 spiro atoms. The van der Waals surface area contributed by atoms with E-state index in [2.05, 4.69) is 10.3 Å². The molecule has 148 valence electrons. The zero-order valence-electron chi connectivity index (χ0n) is 15.2. The highest BCUT2D eigenvalue weighted by Gasteiger charge is 2.28. The van der Waals surface area contributed by atoms with E-state index in [1.54, 1.807) is 35.2 Å². The summed E-state index contributed by atoms with van der Waals surface area (Å²) in [5.74, 6) is 0.159. The molecule has 0 radical (unpaired) electrons. The number of piperazine rings is 1. The van der Waals surface area contributed by atoms with E-state index in [0.717, 1.165) is 0 Å². The standard InChI is InChI=1S/C19H19Cl3N4O2/c1-12(18(27)24-17-5-3-14(21)11-23-17)25-6-8-26(9-7-25)19(28)15-4-2-13(20)10-16(15)22/h2-5,10-12H,6-9H2,1H3,(H,23,24,27). The third-order valence-electron chi connectivity index (χ3n) is 4.67. The van der Waals surface area contributed by atoms with Gasteiger partial charge >= 0.3 is 0 Å². The largest absolute Gasteiger partial charge is 0.336 e. The first-order chi connectivity index (χ1) is 13.3. The summed E-state index contributed by atoms with van der Waals surface area (Å²) in [4.78, 5) is 33.0. The van der Waals surface area contributed by atoms with Crippen LogP contribution in [0.4, 0.5) is 5.82 Å².